The van der Waals surface area contributed by atoms with Crippen LogP contribution in [-0.4, -0.2) is 48.7 Å². The zero-order chi connectivity index (χ0) is 18.4. The number of hydrogen-bond acceptors (Lipinski definition) is 4. The third-order valence-corrected chi connectivity index (χ3v) is 4.77. The molecule has 2 unspecified atom stereocenters. The summed E-state index contributed by atoms with van der Waals surface area (Å²) < 4.78 is 0. The standard InChI is InChI=1S/C21H27N3O2/c1-24(14-16-6-3-2-4-7-16)15-17-8-5-9-18(10-17)21(26)23-12-19-11-22-13-20(19)25/h2-10,19-20,22,25H,11-15H2,1H3,(H,23,26). The molecule has 3 rings (SSSR count). The van der Waals surface area contributed by atoms with E-state index in [9.17, 15) is 9.90 Å². The Morgan fingerprint density at radius 3 is 2.58 bits per heavy atom. The number of aliphatic hydroxyl groups excluding tert-OH is 1. The summed E-state index contributed by atoms with van der Waals surface area (Å²) >= 11 is 0. The van der Waals surface area contributed by atoms with Gasteiger partial charge in [0, 0.05) is 44.2 Å². The third-order valence-electron chi connectivity index (χ3n) is 4.77. The van der Waals surface area contributed by atoms with Crippen LogP contribution in [0.4, 0.5) is 0 Å². The summed E-state index contributed by atoms with van der Waals surface area (Å²) in [6.07, 6.45) is -0.381. The van der Waals surface area contributed by atoms with Crippen molar-refractivity contribution in [2.24, 2.45) is 5.92 Å². The first-order valence-corrected chi connectivity index (χ1v) is 9.10. The highest BCUT2D eigenvalue weighted by Crippen LogP contribution is 2.12. The lowest BCUT2D eigenvalue weighted by Crippen LogP contribution is -2.34. The number of aliphatic hydroxyl groups is 1. The minimum atomic E-state index is -0.381. The van der Waals surface area contributed by atoms with Gasteiger partial charge in [0.1, 0.15) is 0 Å². The molecule has 0 radical (unpaired) electrons. The van der Waals surface area contributed by atoms with Gasteiger partial charge >= 0.3 is 0 Å². The average Bonchev–Trinajstić information content (AvgIpc) is 3.05. The Morgan fingerprint density at radius 2 is 1.85 bits per heavy atom. The second kappa shape index (κ2) is 8.94. The number of rotatable bonds is 7. The van der Waals surface area contributed by atoms with Crippen molar-refractivity contribution in [3.05, 3.63) is 71.3 Å². The SMILES string of the molecule is CN(Cc1ccccc1)Cc1cccc(C(=O)NCC2CNCC2O)c1. The van der Waals surface area contributed by atoms with Crippen LogP contribution in [0.1, 0.15) is 21.5 Å². The molecule has 0 bridgehead atoms. The largest absolute Gasteiger partial charge is 0.391 e. The van der Waals surface area contributed by atoms with Crippen LogP contribution in [-0.2, 0) is 13.1 Å². The molecule has 0 aliphatic carbocycles. The molecule has 1 saturated heterocycles. The van der Waals surface area contributed by atoms with Crippen LogP contribution in [0.3, 0.4) is 0 Å². The van der Waals surface area contributed by atoms with E-state index in [2.05, 4.69) is 34.7 Å². The van der Waals surface area contributed by atoms with Crippen LogP contribution in [0.2, 0.25) is 0 Å². The van der Waals surface area contributed by atoms with Crippen molar-refractivity contribution in [2.45, 2.75) is 19.2 Å². The molecule has 5 nitrogen and oxygen atoms in total. The molecule has 2 aromatic rings. The second-order valence-electron chi connectivity index (χ2n) is 7.05. The van der Waals surface area contributed by atoms with Crippen LogP contribution < -0.4 is 10.6 Å². The van der Waals surface area contributed by atoms with Gasteiger partial charge in [0.25, 0.3) is 5.91 Å². The molecule has 1 fully saturated rings. The summed E-state index contributed by atoms with van der Waals surface area (Å²) in [5.41, 5.74) is 3.04. The molecular formula is C21H27N3O2. The number of benzene rings is 2. The summed E-state index contributed by atoms with van der Waals surface area (Å²) in [5, 5.41) is 15.9. The topological polar surface area (TPSA) is 64.6 Å². The van der Waals surface area contributed by atoms with Crippen LogP contribution in [0, 0.1) is 5.92 Å². The fraction of sp³-hybridized carbons (Fsp3) is 0.381. The van der Waals surface area contributed by atoms with Gasteiger partial charge < -0.3 is 15.7 Å². The molecule has 3 N–H and O–H groups in total. The molecule has 0 aromatic heterocycles. The van der Waals surface area contributed by atoms with E-state index < -0.39 is 0 Å². The minimum absolute atomic E-state index is 0.0825. The van der Waals surface area contributed by atoms with E-state index in [1.165, 1.54) is 5.56 Å². The molecule has 5 heteroatoms. The first-order valence-electron chi connectivity index (χ1n) is 9.10. The summed E-state index contributed by atoms with van der Waals surface area (Å²) in [4.78, 5) is 14.6. The molecule has 1 aliphatic rings. The Labute approximate surface area is 155 Å². The fourth-order valence-electron chi connectivity index (χ4n) is 3.33. The molecule has 0 saturated carbocycles. The van der Waals surface area contributed by atoms with Crippen molar-refractivity contribution in [3.8, 4) is 0 Å². The highest BCUT2D eigenvalue weighted by Gasteiger charge is 2.25. The van der Waals surface area contributed by atoms with Crippen molar-refractivity contribution >= 4 is 5.91 Å². The van der Waals surface area contributed by atoms with Crippen molar-refractivity contribution in [1.82, 2.24) is 15.5 Å². The van der Waals surface area contributed by atoms with Gasteiger partial charge in [0.2, 0.25) is 0 Å². The van der Waals surface area contributed by atoms with Crippen molar-refractivity contribution < 1.29 is 9.90 Å². The smallest absolute Gasteiger partial charge is 0.251 e. The Hall–Kier alpha value is -2.21. The van der Waals surface area contributed by atoms with E-state index in [0.29, 0.717) is 18.7 Å². The maximum absolute atomic E-state index is 12.4. The fourth-order valence-corrected chi connectivity index (χ4v) is 3.33. The van der Waals surface area contributed by atoms with E-state index in [1.807, 2.05) is 42.5 Å². The summed E-state index contributed by atoms with van der Waals surface area (Å²) in [6, 6.07) is 18.1. The number of amides is 1. The molecule has 2 aromatic carbocycles. The van der Waals surface area contributed by atoms with Crippen LogP contribution in [0.5, 0.6) is 0 Å². The van der Waals surface area contributed by atoms with E-state index in [0.717, 1.165) is 25.2 Å². The summed E-state index contributed by atoms with van der Waals surface area (Å²) in [6.45, 7) is 3.48. The van der Waals surface area contributed by atoms with Gasteiger partial charge in [-0.15, -0.1) is 0 Å². The molecule has 2 atom stereocenters. The Balaban J connectivity index is 1.54. The minimum Gasteiger partial charge on any atom is -0.391 e. The van der Waals surface area contributed by atoms with Gasteiger partial charge in [-0.2, -0.15) is 0 Å². The maximum atomic E-state index is 12.4. The Bertz CT molecular complexity index is 720. The number of carbonyl (C=O) groups excluding carboxylic acids is 1. The zero-order valence-electron chi connectivity index (χ0n) is 15.2. The predicted octanol–water partition coefficient (Wildman–Crippen LogP) is 1.63. The monoisotopic (exact) mass is 353 g/mol. The Morgan fingerprint density at radius 1 is 1.12 bits per heavy atom. The molecule has 26 heavy (non-hydrogen) atoms. The van der Waals surface area contributed by atoms with Gasteiger partial charge in [0.05, 0.1) is 6.10 Å². The van der Waals surface area contributed by atoms with Crippen LogP contribution in [0.15, 0.2) is 54.6 Å². The lowest BCUT2D eigenvalue weighted by molar-refractivity contribution is 0.0927. The third kappa shape index (κ3) is 5.14. The average molecular weight is 353 g/mol. The maximum Gasteiger partial charge on any atom is 0.251 e. The van der Waals surface area contributed by atoms with E-state index in [4.69, 9.17) is 0 Å². The lowest BCUT2D eigenvalue weighted by Gasteiger charge is -2.18. The molecule has 1 amide bonds. The number of nitrogens with one attached hydrogen (secondary N) is 2. The van der Waals surface area contributed by atoms with Gasteiger partial charge in [0.15, 0.2) is 0 Å². The number of nitrogens with zero attached hydrogens (tertiary/aromatic N) is 1. The Kier molecular flexibility index (Phi) is 6.39. The van der Waals surface area contributed by atoms with Crippen molar-refractivity contribution in [3.63, 3.8) is 0 Å². The van der Waals surface area contributed by atoms with Gasteiger partial charge in [-0.3, -0.25) is 9.69 Å². The molecular weight excluding hydrogens is 326 g/mol. The number of β-amino-alcohol motifs (C(OH)–C–C–N with tert-alkyl or cyclic N) is 1. The van der Waals surface area contributed by atoms with Gasteiger partial charge in [-0.25, -0.2) is 0 Å². The zero-order valence-corrected chi connectivity index (χ0v) is 15.2. The van der Waals surface area contributed by atoms with Gasteiger partial charge in [-0.05, 0) is 30.3 Å². The molecule has 0 spiro atoms. The van der Waals surface area contributed by atoms with E-state index >= 15 is 0 Å². The highest BCUT2D eigenvalue weighted by molar-refractivity contribution is 5.94. The summed E-state index contributed by atoms with van der Waals surface area (Å²) in [7, 11) is 2.08. The van der Waals surface area contributed by atoms with Crippen molar-refractivity contribution in [2.75, 3.05) is 26.7 Å². The molecule has 1 heterocycles. The van der Waals surface area contributed by atoms with E-state index in [1.54, 1.807) is 0 Å². The summed E-state index contributed by atoms with van der Waals surface area (Å²) in [5.74, 6) is -0.00389. The van der Waals surface area contributed by atoms with Crippen LogP contribution in [0.25, 0.3) is 0 Å². The number of hydrogen-bond donors (Lipinski definition) is 3. The first-order chi connectivity index (χ1) is 12.6. The predicted molar refractivity (Wildman–Crippen MR) is 103 cm³/mol. The normalized spacial score (nSPS) is 19.7. The first kappa shape index (κ1) is 18.6. The quantitative estimate of drug-likeness (QED) is 0.708. The highest BCUT2D eigenvalue weighted by atomic mass is 16.3. The molecule has 1 aliphatic heterocycles. The van der Waals surface area contributed by atoms with Crippen molar-refractivity contribution in [1.29, 1.82) is 0 Å². The number of carbonyl (C=O) groups is 1. The van der Waals surface area contributed by atoms with E-state index in [-0.39, 0.29) is 17.9 Å². The lowest BCUT2D eigenvalue weighted by atomic mass is 10.1. The van der Waals surface area contributed by atoms with Crippen LogP contribution >= 0.6 is 0 Å². The molecule has 138 valence electrons. The second-order valence-corrected chi connectivity index (χ2v) is 7.05. The van der Waals surface area contributed by atoms with Gasteiger partial charge in [-0.1, -0.05) is 42.5 Å².